The second kappa shape index (κ2) is 7.55. The topological polar surface area (TPSA) is 108 Å². The van der Waals surface area contributed by atoms with Gasteiger partial charge in [0.25, 0.3) is 0 Å². The van der Waals surface area contributed by atoms with Gasteiger partial charge in [0.1, 0.15) is 11.3 Å². The number of anilines is 1. The number of hydrogen-bond acceptors (Lipinski definition) is 6. The monoisotopic (exact) mass is 469 g/mol. The number of aliphatic hydroxyl groups is 1. The number of likely N-dealkylation sites (tertiary alicyclic amines) is 1. The third-order valence-electron chi connectivity index (χ3n) is 7.03. The molecule has 2 aromatic rings. The molecule has 0 radical (unpaired) electrons. The molecule has 5 rings (SSSR count). The quantitative estimate of drug-likeness (QED) is 0.591. The molecular weight excluding hydrogens is 446 g/mol. The Morgan fingerprint density at radius 1 is 1.18 bits per heavy atom. The maximum absolute atomic E-state index is 13.7. The summed E-state index contributed by atoms with van der Waals surface area (Å²) < 4.78 is 5.17. The lowest BCUT2D eigenvalue weighted by atomic mass is 9.76. The van der Waals surface area contributed by atoms with Crippen LogP contribution in [0.4, 0.5) is 5.69 Å². The van der Waals surface area contributed by atoms with Crippen LogP contribution in [-0.4, -0.2) is 47.0 Å². The number of nitrogens with one attached hydrogen (secondary N) is 2. The largest absolute Gasteiger partial charge is 0.497 e. The van der Waals surface area contributed by atoms with E-state index in [-0.39, 0.29) is 6.54 Å². The minimum absolute atomic E-state index is 0.0698. The van der Waals surface area contributed by atoms with Crippen LogP contribution in [0.15, 0.2) is 36.4 Å². The molecule has 0 bridgehead atoms. The van der Waals surface area contributed by atoms with E-state index in [1.807, 2.05) is 6.92 Å². The van der Waals surface area contributed by atoms with E-state index in [2.05, 4.69) is 10.6 Å². The lowest BCUT2D eigenvalue weighted by Gasteiger charge is -2.30. The molecule has 1 spiro atoms. The summed E-state index contributed by atoms with van der Waals surface area (Å²) in [5.41, 5.74) is 1.13. The molecule has 2 fully saturated rings. The molecule has 8 nitrogen and oxygen atoms in total. The van der Waals surface area contributed by atoms with Crippen LogP contribution in [0.3, 0.4) is 0 Å². The van der Waals surface area contributed by atoms with Crippen molar-refractivity contribution in [1.29, 1.82) is 0 Å². The highest BCUT2D eigenvalue weighted by Crippen LogP contribution is 2.54. The minimum Gasteiger partial charge on any atom is -0.497 e. The Kier molecular flexibility index (Phi) is 5.00. The van der Waals surface area contributed by atoms with Crippen molar-refractivity contribution in [2.24, 2.45) is 11.8 Å². The van der Waals surface area contributed by atoms with E-state index in [0.29, 0.717) is 22.0 Å². The van der Waals surface area contributed by atoms with Gasteiger partial charge < -0.3 is 15.2 Å². The van der Waals surface area contributed by atoms with Gasteiger partial charge in [-0.05, 0) is 49.2 Å². The first-order chi connectivity index (χ1) is 15.7. The summed E-state index contributed by atoms with van der Waals surface area (Å²) in [6.07, 6.45) is -0.966. The van der Waals surface area contributed by atoms with Crippen LogP contribution in [0, 0.1) is 18.8 Å². The van der Waals surface area contributed by atoms with Crippen molar-refractivity contribution in [2.75, 3.05) is 12.4 Å². The molecule has 9 heteroatoms. The number of amides is 3. The molecule has 2 aromatic carbocycles. The standard InChI is InChI=1S/C24H24ClN3O5/c1-11-8-14(25)9-16-19(11)26-23(32)24(16)18-17(20(27-24)12(2)29)21(30)28(22(18)31)10-13-4-6-15(33-3)7-5-13/h4-9,12,17-18,20,27,29H,10H2,1-3H3,(H,26,32)/t12-,17-,18-,20-,24+/m0/s1. The van der Waals surface area contributed by atoms with Crippen LogP contribution in [0.25, 0.3) is 0 Å². The predicted octanol–water partition coefficient (Wildman–Crippen LogP) is 1.96. The van der Waals surface area contributed by atoms with E-state index < -0.39 is 47.2 Å². The number of carbonyl (C=O) groups is 3. The van der Waals surface area contributed by atoms with E-state index in [9.17, 15) is 19.5 Å². The first-order valence-electron chi connectivity index (χ1n) is 10.7. The van der Waals surface area contributed by atoms with Gasteiger partial charge >= 0.3 is 0 Å². The summed E-state index contributed by atoms with van der Waals surface area (Å²) in [6.45, 7) is 3.44. The summed E-state index contributed by atoms with van der Waals surface area (Å²) in [7, 11) is 1.56. The molecule has 2 saturated heterocycles. The fourth-order valence-electron chi connectivity index (χ4n) is 5.51. The number of aliphatic hydroxyl groups excluding tert-OH is 1. The van der Waals surface area contributed by atoms with Gasteiger partial charge in [0, 0.05) is 22.3 Å². The fourth-order valence-corrected chi connectivity index (χ4v) is 5.78. The second-order valence-electron chi connectivity index (χ2n) is 8.93. The van der Waals surface area contributed by atoms with Gasteiger partial charge in [0.2, 0.25) is 17.7 Å². The maximum Gasteiger partial charge on any atom is 0.250 e. The van der Waals surface area contributed by atoms with E-state index in [0.717, 1.165) is 11.1 Å². The lowest BCUT2D eigenvalue weighted by Crippen LogP contribution is -2.54. The molecule has 0 unspecified atom stereocenters. The molecule has 5 atom stereocenters. The third kappa shape index (κ3) is 3.01. The molecule has 3 aliphatic rings. The number of rotatable bonds is 4. The zero-order chi connectivity index (χ0) is 23.7. The van der Waals surface area contributed by atoms with Crippen LogP contribution >= 0.6 is 11.6 Å². The fraction of sp³-hybridized carbons (Fsp3) is 0.375. The minimum atomic E-state index is -1.49. The van der Waals surface area contributed by atoms with Crippen molar-refractivity contribution in [2.45, 2.75) is 38.1 Å². The Hall–Kier alpha value is -2.94. The summed E-state index contributed by atoms with van der Waals surface area (Å²) in [5, 5.41) is 17.0. The number of imide groups is 1. The summed E-state index contributed by atoms with van der Waals surface area (Å²) in [5.74, 6) is -2.49. The number of nitrogens with zero attached hydrogens (tertiary/aromatic N) is 1. The first-order valence-corrected chi connectivity index (χ1v) is 11.1. The molecule has 0 aliphatic carbocycles. The normalized spacial score (nSPS) is 28.8. The van der Waals surface area contributed by atoms with Crippen LogP contribution in [-0.2, 0) is 26.5 Å². The van der Waals surface area contributed by atoms with Crippen molar-refractivity contribution in [1.82, 2.24) is 10.2 Å². The number of carbonyl (C=O) groups excluding carboxylic acids is 3. The molecule has 3 heterocycles. The van der Waals surface area contributed by atoms with Gasteiger partial charge in [-0.3, -0.25) is 24.6 Å². The number of fused-ring (bicyclic) bond motifs is 4. The van der Waals surface area contributed by atoms with Gasteiger partial charge in [-0.25, -0.2) is 0 Å². The maximum atomic E-state index is 13.7. The Morgan fingerprint density at radius 3 is 2.52 bits per heavy atom. The number of halogens is 1. The van der Waals surface area contributed by atoms with Gasteiger partial charge in [-0.1, -0.05) is 23.7 Å². The molecule has 0 saturated carbocycles. The number of methoxy groups -OCH3 is 1. The number of aryl methyl sites for hydroxylation is 1. The second-order valence-corrected chi connectivity index (χ2v) is 9.37. The first kappa shape index (κ1) is 21.9. The zero-order valence-electron chi connectivity index (χ0n) is 18.4. The van der Waals surface area contributed by atoms with Crippen LogP contribution in [0.5, 0.6) is 5.75 Å². The molecule has 0 aromatic heterocycles. The van der Waals surface area contributed by atoms with Crippen LogP contribution < -0.4 is 15.4 Å². The van der Waals surface area contributed by atoms with Crippen molar-refractivity contribution >= 4 is 35.0 Å². The highest BCUT2D eigenvalue weighted by atomic mass is 35.5. The highest BCUT2D eigenvalue weighted by molar-refractivity contribution is 6.31. The van der Waals surface area contributed by atoms with Crippen molar-refractivity contribution in [3.05, 3.63) is 58.1 Å². The van der Waals surface area contributed by atoms with Crippen LogP contribution in [0.2, 0.25) is 5.02 Å². The Labute approximate surface area is 195 Å². The molecule has 3 aliphatic heterocycles. The molecular formula is C24H24ClN3O5. The smallest absolute Gasteiger partial charge is 0.250 e. The van der Waals surface area contributed by atoms with Gasteiger partial charge in [-0.2, -0.15) is 0 Å². The zero-order valence-corrected chi connectivity index (χ0v) is 19.1. The molecule has 172 valence electrons. The van der Waals surface area contributed by atoms with E-state index in [1.165, 1.54) is 4.90 Å². The Morgan fingerprint density at radius 2 is 1.88 bits per heavy atom. The molecule has 33 heavy (non-hydrogen) atoms. The predicted molar refractivity (Wildman–Crippen MR) is 121 cm³/mol. The van der Waals surface area contributed by atoms with Gasteiger partial charge in [0.05, 0.1) is 31.6 Å². The van der Waals surface area contributed by atoms with Crippen molar-refractivity contribution in [3.63, 3.8) is 0 Å². The Balaban J connectivity index is 1.60. The summed E-state index contributed by atoms with van der Waals surface area (Å²) >= 11 is 6.32. The van der Waals surface area contributed by atoms with Crippen LogP contribution in [0.1, 0.15) is 23.6 Å². The van der Waals surface area contributed by atoms with E-state index >= 15 is 0 Å². The summed E-state index contributed by atoms with van der Waals surface area (Å²) in [4.78, 5) is 41.8. The van der Waals surface area contributed by atoms with Crippen molar-refractivity contribution in [3.8, 4) is 5.75 Å². The molecule has 3 N–H and O–H groups in total. The number of ether oxygens (including phenoxy) is 1. The third-order valence-corrected chi connectivity index (χ3v) is 7.25. The van der Waals surface area contributed by atoms with E-state index in [4.69, 9.17) is 16.3 Å². The van der Waals surface area contributed by atoms with Gasteiger partial charge in [0.15, 0.2) is 0 Å². The van der Waals surface area contributed by atoms with E-state index in [1.54, 1.807) is 50.4 Å². The highest BCUT2D eigenvalue weighted by Gasteiger charge is 2.71. The Bertz CT molecular complexity index is 1180. The average Bonchev–Trinajstić information content (AvgIpc) is 3.36. The SMILES string of the molecule is COc1ccc(CN2C(=O)[C@@H]3[C@H]([C@H](C)O)N[C@@]4(C(=O)Nc5c(C)cc(Cl)cc54)[C@@H]3C2=O)cc1. The molecule has 3 amide bonds. The summed E-state index contributed by atoms with van der Waals surface area (Å²) in [6, 6.07) is 9.70. The van der Waals surface area contributed by atoms with Crippen molar-refractivity contribution < 1.29 is 24.2 Å². The van der Waals surface area contributed by atoms with Gasteiger partial charge in [-0.15, -0.1) is 0 Å². The number of benzene rings is 2. The lowest BCUT2D eigenvalue weighted by molar-refractivity contribution is -0.143. The number of hydrogen-bond donors (Lipinski definition) is 3. The average molecular weight is 470 g/mol.